The molecule has 0 heterocycles. The van der Waals surface area contributed by atoms with Crippen LogP contribution in [0.4, 0.5) is 0 Å². The number of amides is 1. The molecule has 19 heavy (non-hydrogen) atoms. The topological polar surface area (TPSA) is 55.4 Å². The van der Waals surface area contributed by atoms with Gasteiger partial charge in [-0.05, 0) is 45.9 Å². The number of carbonyl (C=O) groups excluding carboxylic acids is 2. The first-order chi connectivity index (χ1) is 8.69. The average Bonchev–Trinajstić information content (AvgIpc) is 2.26. The summed E-state index contributed by atoms with van der Waals surface area (Å²) in [5, 5.41) is 3.04. The fourth-order valence-electron chi connectivity index (χ4n) is 1.36. The molecule has 104 valence electrons. The van der Waals surface area contributed by atoms with Crippen LogP contribution in [0.2, 0.25) is 5.02 Å². The maximum atomic E-state index is 11.9. The maximum Gasteiger partial charge on any atom is 0.328 e. The summed E-state index contributed by atoms with van der Waals surface area (Å²) >= 11 is 5.80. The molecule has 0 aliphatic carbocycles. The summed E-state index contributed by atoms with van der Waals surface area (Å²) in [5.41, 5.74) is -0.172. The maximum absolute atomic E-state index is 11.9. The third-order valence-electron chi connectivity index (χ3n) is 2.19. The van der Waals surface area contributed by atoms with Crippen molar-refractivity contribution in [2.75, 3.05) is 0 Å². The lowest BCUT2D eigenvalue weighted by atomic mass is 10.2. The predicted octanol–water partition coefficient (Wildman–Crippen LogP) is 2.80. The second kappa shape index (κ2) is 6.06. The van der Waals surface area contributed by atoms with Crippen LogP contribution in [-0.4, -0.2) is 23.5 Å². The summed E-state index contributed by atoms with van der Waals surface area (Å²) in [5.74, 6) is -0.830. The molecule has 1 aromatic rings. The Morgan fingerprint density at radius 3 is 2.47 bits per heavy atom. The molecule has 0 aliphatic rings. The van der Waals surface area contributed by atoms with Crippen molar-refractivity contribution in [2.45, 2.75) is 39.3 Å². The van der Waals surface area contributed by atoms with Crippen LogP contribution in [0.25, 0.3) is 0 Å². The van der Waals surface area contributed by atoms with Crippen LogP contribution in [0, 0.1) is 0 Å². The van der Waals surface area contributed by atoms with Crippen molar-refractivity contribution in [1.82, 2.24) is 5.32 Å². The second-order valence-corrected chi connectivity index (χ2v) is 5.68. The Labute approximate surface area is 118 Å². The highest BCUT2D eigenvalue weighted by atomic mass is 35.5. The van der Waals surface area contributed by atoms with Gasteiger partial charge in [0.2, 0.25) is 0 Å². The number of nitrogens with one attached hydrogen (secondary N) is 1. The minimum Gasteiger partial charge on any atom is -0.458 e. The number of halogens is 1. The predicted molar refractivity (Wildman–Crippen MR) is 74.2 cm³/mol. The molecule has 0 fully saturated rings. The van der Waals surface area contributed by atoms with Crippen LogP contribution < -0.4 is 5.32 Å². The minimum absolute atomic E-state index is 0.360. The average molecular weight is 284 g/mol. The highest BCUT2D eigenvalue weighted by Crippen LogP contribution is 2.11. The van der Waals surface area contributed by atoms with Gasteiger partial charge in [0.15, 0.2) is 0 Å². The SMILES string of the molecule is C[C@@H](NC(=O)c1cccc(Cl)c1)C(=O)OC(C)(C)C. The van der Waals surface area contributed by atoms with Crippen molar-refractivity contribution in [2.24, 2.45) is 0 Å². The number of rotatable bonds is 3. The molecule has 0 radical (unpaired) electrons. The zero-order valence-electron chi connectivity index (χ0n) is 11.5. The minimum atomic E-state index is -0.717. The van der Waals surface area contributed by atoms with Crippen molar-refractivity contribution in [1.29, 1.82) is 0 Å². The number of benzene rings is 1. The normalized spacial score (nSPS) is 12.7. The fourth-order valence-corrected chi connectivity index (χ4v) is 1.55. The van der Waals surface area contributed by atoms with Crippen LogP contribution >= 0.6 is 11.6 Å². The lowest BCUT2D eigenvalue weighted by Crippen LogP contribution is -2.42. The Morgan fingerprint density at radius 1 is 1.32 bits per heavy atom. The first-order valence-corrected chi connectivity index (χ1v) is 6.36. The molecule has 0 aliphatic heterocycles. The standard InChI is InChI=1S/C14H18ClNO3/c1-9(13(18)19-14(2,3)4)16-12(17)10-6-5-7-11(15)8-10/h5-9H,1-4H3,(H,16,17)/t9-/m1/s1. The molecule has 0 saturated heterocycles. The van der Waals surface area contributed by atoms with Gasteiger partial charge >= 0.3 is 5.97 Å². The number of hydrogen-bond acceptors (Lipinski definition) is 3. The Balaban J connectivity index is 2.64. The number of carbonyl (C=O) groups is 2. The van der Waals surface area contributed by atoms with Crippen molar-refractivity contribution < 1.29 is 14.3 Å². The summed E-state index contributed by atoms with van der Waals surface area (Å²) in [6.07, 6.45) is 0. The van der Waals surface area contributed by atoms with E-state index in [9.17, 15) is 9.59 Å². The van der Waals surface area contributed by atoms with E-state index in [2.05, 4.69) is 5.32 Å². The van der Waals surface area contributed by atoms with Crippen molar-refractivity contribution in [3.8, 4) is 0 Å². The van der Waals surface area contributed by atoms with E-state index in [0.29, 0.717) is 10.6 Å². The Bertz CT molecular complexity index is 480. The summed E-state index contributed by atoms with van der Waals surface area (Å²) in [7, 11) is 0. The number of ether oxygens (including phenoxy) is 1. The molecular weight excluding hydrogens is 266 g/mol. The Morgan fingerprint density at radius 2 is 1.95 bits per heavy atom. The first kappa shape index (κ1) is 15.5. The van der Waals surface area contributed by atoms with Crippen molar-refractivity contribution >= 4 is 23.5 Å². The van der Waals surface area contributed by atoms with Gasteiger partial charge in [-0.2, -0.15) is 0 Å². The van der Waals surface area contributed by atoms with Gasteiger partial charge in [-0.15, -0.1) is 0 Å². The van der Waals surface area contributed by atoms with Gasteiger partial charge in [0.25, 0.3) is 5.91 Å². The van der Waals surface area contributed by atoms with Gasteiger partial charge in [-0.1, -0.05) is 17.7 Å². The quantitative estimate of drug-likeness (QED) is 0.868. The summed E-state index contributed by atoms with van der Waals surface area (Å²) in [6, 6.07) is 5.80. The van der Waals surface area contributed by atoms with Crippen molar-refractivity contribution in [3.05, 3.63) is 34.9 Å². The Hall–Kier alpha value is -1.55. The highest BCUT2D eigenvalue weighted by Gasteiger charge is 2.23. The third-order valence-corrected chi connectivity index (χ3v) is 2.43. The van der Waals surface area contributed by atoms with Crippen LogP contribution in [0.3, 0.4) is 0 Å². The van der Waals surface area contributed by atoms with Gasteiger partial charge in [-0.3, -0.25) is 4.79 Å². The lowest BCUT2D eigenvalue weighted by Gasteiger charge is -2.22. The van der Waals surface area contributed by atoms with Gasteiger partial charge in [0.05, 0.1) is 0 Å². The molecule has 1 amide bonds. The van der Waals surface area contributed by atoms with Crippen LogP contribution in [0.15, 0.2) is 24.3 Å². The molecule has 5 heteroatoms. The Kier molecular flexibility index (Phi) is 4.95. The molecule has 0 unspecified atom stereocenters. The third kappa shape index (κ3) is 5.30. The monoisotopic (exact) mass is 283 g/mol. The van der Waals surface area contributed by atoms with Crippen LogP contribution in [0.5, 0.6) is 0 Å². The van der Waals surface area contributed by atoms with Crippen molar-refractivity contribution in [3.63, 3.8) is 0 Å². The molecule has 1 rings (SSSR count). The number of hydrogen-bond donors (Lipinski definition) is 1. The van der Waals surface area contributed by atoms with E-state index in [1.165, 1.54) is 0 Å². The lowest BCUT2D eigenvalue weighted by molar-refractivity contribution is -0.156. The molecule has 1 N–H and O–H groups in total. The molecule has 0 aromatic heterocycles. The summed E-state index contributed by atoms with van der Waals surface area (Å²) in [6.45, 7) is 6.90. The van der Waals surface area contributed by atoms with E-state index >= 15 is 0 Å². The van der Waals surface area contributed by atoms with E-state index < -0.39 is 17.6 Å². The first-order valence-electron chi connectivity index (χ1n) is 5.98. The van der Waals surface area contributed by atoms with E-state index in [4.69, 9.17) is 16.3 Å². The van der Waals surface area contributed by atoms with Crippen LogP contribution in [-0.2, 0) is 9.53 Å². The van der Waals surface area contributed by atoms with Gasteiger partial charge in [0.1, 0.15) is 11.6 Å². The zero-order chi connectivity index (χ0) is 14.6. The van der Waals surface area contributed by atoms with E-state index in [0.717, 1.165) is 0 Å². The van der Waals surface area contributed by atoms with E-state index in [1.54, 1.807) is 52.0 Å². The number of esters is 1. The fraction of sp³-hybridized carbons (Fsp3) is 0.429. The molecular formula is C14H18ClNO3. The zero-order valence-corrected chi connectivity index (χ0v) is 12.2. The van der Waals surface area contributed by atoms with Gasteiger partial charge in [0, 0.05) is 10.6 Å². The van der Waals surface area contributed by atoms with E-state index in [1.807, 2.05) is 0 Å². The van der Waals surface area contributed by atoms with E-state index in [-0.39, 0.29) is 5.91 Å². The summed E-state index contributed by atoms with van der Waals surface area (Å²) in [4.78, 5) is 23.6. The molecule has 0 spiro atoms. The molecule has 1 aromatic carbocycles. The second-order valence-electron chi connectivity index (χ2n) is 5.24. The molecule has 0 saturated carbocycles. The molecule has 1 atom stereocenters. The highest BCUT2D eigenvalue weighted by molar-refractivity contribution is 6.30. The molecule has 0 bridgehead atoms. The van der Waals surface area contributed by atoms with Gasteiger partial charge < -0.3 is 10.1 Å². The van der Waals surface area contributed by atoms with Crippen LogP contribution in [0.1, 0.15) is 38.1 Å². The summed E-state index contributed by atoms with van der Waals surface area (Å²) < 4.78 is 5.18. The largest absolute Gasteiger partial charge is 0.458 e. The molecule has 4 nitrogen and oxygen atoms in total. The smallest absolute Gasteiger partial charge is 0.328 e. The van der Waals surface area contributed by atoms with Gasteiger partial charge in [-0.25, -0.2) is 4.79 Å².